The summed E-state index contributed by atoms with van der Waals surface area (Å²) in [6.07, 6.45) is -0.911. The zero-order chi connectivity index (χ0) is 15.3. The minimum atomic E-state index is -1.75. The lowest BCUT2D eigenvalue weighted by atomic mass is 10.2. The molecule has 0 fully saturated rings. The highest BCUT2D eigenvalue weighted by molar-refractivity contribution is 6.36. The van der Waals surface area contributed by atoms with Gasteiger partial charge in [0.15, 0.2) is 0 Å². The van der Waals surface area contributed by atoms with Gasteiger partial charge in [0.1, 0.15) is 11.6 Å². The Morgan fingerprint density at radius 1 is 1.30 bits per heavy atom. The molecule has 1 N–H and O–H groups in total. The second kappa shape index (κ2) is 6.71. The standard InChI is InChI=1S/C12H11F2NO5/c1-20-15(11(17)5-10(16)12(18)19)6-7-2-3-8(13)4-9(7)14/h2-4H,5-6H2,1H3,(H,18,19). The summed E-state index contributed by atoms with van der Waals surface area (Å²) < 4.78 is 26.1. The number of rotatable bonds is 6. The highest BCUT2D eigenvalue weighted by atomic mass is 19.1. The second-order valence-electron chi connectivity index (χ2n) is 3.75. The smallest absolute Gasteiger partial charge is 0.372 e. The van der Waals surface area contributed by atoms with Crippen LogP contribution in [0.3, 0.4) is 0 Å². The van der Waals surface area contributed by atoms with Gasteiger partial charge in [-0.15, -0.1) is 0 Å². The molecule has 20 heavy (non-hydrogen) atoms. The van der Waals surface area contributed by atoms with Crippen molar-refractivity contribution in [2.75, 3.05) is 7.11 Å². The molecule has 0 saturated carbocycles. The Kier molecular flexibility index (Phi) is 5.27. The zero-order valence-electron chi connectivity index (χ0n) is 10.4. The lowest BCUT2D eigenvalue weighted by Crippen LogP contribution is -2.33. The first-order valence-corrected chi connectivity index (χ1v) is 5.39. The molecule has 1 aromatic carbocycles. The molecule has 0 radical (unpaired) electrons. The number of benzene rings is 1. The molecule has 1 amide bonds. The Morgan fingerprint density at radius 3 is 2.45 bits per heavy atom. The Morgan fingerprint density at radius 2 is 1.95 bits per heavy atom. The van der Waals surface area contributed by atoms with Gasteiger partial charge in [-0.2, -0.15) is 0 Å². The number of carbonyl (C=O) groups is 3. The number of hydrogen-bond acceptors (Lipinski definition) is 4. The highest BCUT2D eigenvalue weighted by Crippen LogP contribution is 2.13. The molecule has 0 aliphatic heterocycles. The summed E-state index contributed by atoms with van der Waals surface area (Å²) in [6.45, 7) is -0.381. The van der Waals surface area contributed by atoms with Gasteiger partial charge in [0.2, 0.25) is 5.78 Å². The maximum Gasteiger partial charge on any atom is 0.372 e. The maximum atomic E-state index is 13.4. The summed E-state index contributed by atoms with van der Waals surface area (Å²) in [5, 5.41) is 9.01. The summed E-state index contributed by atoms with van der Waals surface area (Å²) in [4.78, 5) is 37.5. The molecular formula is C12H11F2NO5. The van der Waals surface area contributed by atoms with Crippen LogP contribution in [-0.2, 0) is 25.8 Å². The Labute approximate surface area is 112 Å². The molecule has 0 heterocycles. The van der Waals surface area contributed by atoms with Gasteiger partial charge in [0.05, 0.1) is 20.1 Å². The molecule has 0 aliphatic carbocycles. The molecule has 1 rings (SSSR count). The third kappa shape index (κ3) is 4.09. The molecule has 0 aliphatic rings. The van der Waals surface area contributed by atoms with E-state index >= 15 is 0 Å². The molecule has 0 aromatic heterocycles. The monoisotopic (exact) mass is 287 g/mol. The van der Waals surface area contributed by atoms with E-state index in [0.717, 1.165) is 19.2 Å². The van der Waals surface area contributed by atoms with Gasteiger partial charge in [0.25, 0.3) is 5.91 Å². The van der Waals surface area contributed by atoms with Crippen LogP contribution < -0.4 is 0 Å². The van der Waals surface area contributed by atoms with Crippen molar-refractivity contribution in [2.45, 2.75) is 13.0 Å². The van der Waals surface area contributed by atoms with Crippen molar-refractivity contribution in [1.82, 2.24) is 5.06 Å². The normalized spacial score (nSPS) is 10.2. The van der Waals surface area contributed by atoms with Crippen LogP contribution in [0.25, 0.3) is 0 Å². The first-order valence-electron chi connectivity index (χ1n) is 5.39. The highest BCUT2D eigenvalue weighted by Gasteiger charge is 2.22. The number of Topliss-reactive ketones (excluding diaryl/α,β-unsaturated/α-hetero) is 1. The number of carboxylic acids is 1. The van der Waals surface area contributed by atoms with Crippen molar-refractivity contribution in [1.29, 1.82) is 0 Å². The summed E-state index contributed by atoms with van der Waals surface area (Å²) in [5.41, 5.74) is -0.0376. The fourth-order valence-corrected chi connectivity index (χ4v) is 1.36. The summed E-state index contributed by atoms with van der Waals surface area (Å²) in [5.74, 6) is -5.66. The molecule has 8 heteroatoms. The molecule has 0 bridgehead atoms. The van der Waals surface area contributed by atoms with Crippen molar-refractivity contribution >= 4 is 17.7 Å². The van der Waals surface area contributed by atoms with E-state index in [1.807, 2.05) is 0 Å². The number of carbonyl (C=O) groups excluding carboxylic acids is 2. The largest absolute Gasteiger partial charge is 0.475 e. The predicted molar refractivity (Wildman–Crippen MR) is 61.2 cm³/mol. The van der Waals surface area contributed by atoms with E-state index in [4.69, 9.17) is 5.11 Å². The number of carboxylic acid groups (broad SMARTS) is 1. The summed E-state index contributed by atoms with van der Waals surface area (Å²) in [6, 6.07) is 2.75. The Hall–Kier alpha value is -2.35. The van der Waals surface area contributed by atoms with E-state index in [9.17, 15) is 23.2 Å². The fourth-order valence-electron chi connectivity index (χ4n) is 1.36. The van der Waals surface area contributed by atoms with Gasteiger partial charge in [-0.05, 0) is 6.07 Å². The van der Waals surface area contributed by atoms with Crippen LogP contribution in [0, 0.1) is 11.6 Å². The molecular weight excluding hydrogens is 276 g/mol. The van der Waals surface area contributed by atoms with Crippen molar-refractivity contribution in [2.24, 2.45) is 0 Å². The first-order chi connectivity index (χ1) is 9.35. The number of amides is 1. The van der Waals surface area contributed by atoms with Gasteiger partial charge in [0, 0.05) is 11.6 Å². The van der Waals surface area contributed by atoms with Gasteiger partial charge in [-0.1, -0.05) is 6.07 Å². The SMILES string of the molecule is CON(Cc1ccc(F)cc1F)C(=O)CC(=O)C(=O)O. The van der Waals surface area contributed by atoms with Crippen LogP contribution in [0.2, 0.25) is 0 Å². The van der Waals surface area contributed by atoms with E-state index in [2.05, 4.69) is 4.84 Å². The lowest BCUT2D eigenvalue weighted by molar-refractivity contribution is -0.180. The topological polar surface area (TPSA) is 83.9 Å². The minimum Gasteiger partial charge on any atom is -0.475 e. The maximum absolute atomic E-state index is 13.4. The van der Waals surface area contributed by atoms with Gasteiger partial charge in [-0.3, -0.25) is 14.4 Å². The zero-order valence-corrected chi connectivity index (χ0v) is 10.4. The third-order valence-corrected chi connectivity index (χ3v) is 2.38. The van der Waals surface area contributed by atoms with Crippen LogP contribution in [0.5, 0.6) is 0 Å². The second-order valence-corrected chi connectivity index (χ2v) is 3.75. The van der Waals surface area contributed by atoms with Crippen molar-refractivity contribution in [3.63, 3.8) is 0 Å². The molecule has 6 nitrogen and oxygen atoms in total. The number of hydroxylamine groups is 2. The van der Waals surface area contributed by atoms with Crippen LogP contribution in [0.15, 0.2) is 18.2 Å². The quantitative estimate of drug-likeness (QED) is 0.477. The van der Waals surface area contributed by atoms with E-state index in [1.165, 1.54) is 0 Å². The van der Waals surface area contributed by atoms with Crippen LogP contribution in [-0.4, -0.2) is 34.9 Å². The number of nitrogens with zero attached hydrogens (tertiary/aromatic N) is 1. The first kappa shape index (κ1) is 15.7. The molecule has 0 unspecified atom stereocenters. The fraction of sp³-hybridized carbons (Fsp3) is 0.250. The van der Waals surface area contributed by atoms with E-state index in [1.54, 1.807) is 0 Å². The van der Waals surface area contributed by atoms with Crippen LogP contribution in [0.4, 0.5) is 8.78 Å². The number of halogens is 2. The van der Waals surface area contributed by atoms with Crippen molar-refractivity contribution in [3.8, 4) is 0 Å². The molecule has 108 valence electrons. The van der Waals surface area contributed by atoms with E-state index in [0.29, 0.717) is 11.1 Å². The number of aliphatic carboxylic acids is 1. The number of ketones is 1. The molecule has 0 atom stereocenters. The third-order valence-electron chi connectivity index (χ3n) is 2.38. The van der Waals surface area contributed by atoms with Gasteiger partial charge >= 0.3 is 5.97 Å². The Bertz CT molecular complexity index is 547. The predicted octanol–water partition coefficient (Wildman–Crippen LogP) is 0.899. The molecule has 0 saturated heterocycles. The molecule has 0 spiro atoms. The number of hydrogen-bond donors (Lipinski definition) is 1. The summed E-state index contributed by atoms with van der Waals surface area (Å²) >= 11 is 0. The van der Waals surface area contributed by atoms with Crippen LogP contribution >= 0.6 is 0 Å². The minimum absolute atomic E-state index is 0.0376. The lowest BCUT2D eigenvalue weighted by Gasteiger charge is -2.19. The average molecular weight is 287 g/mol. The van der Waals surface area contributed by atoms with Gasteiger partial charge < -0.3 is 5.11 Å². The molecule has 1 aromatic rings. The van der Waals surface area contributed by atoms with Crippen molar-refractivity contribution < 1.29 is 33.1 Å². The van der Waals surface area contributed by atoms with E-state index < -0.39 is 35.7 Å². The summed E-state index contributed by atoms with van der Waals surface area (Å²) in [7, 11) is 1.10. The average Bonchev–Trinajstić information content (AvgIpc) is 2.37. The Balaban J connectivity index is 2.78. The van der Waals surface area contributed by atoms with Crippen LogP contribution in [0.1, 0.15) is 12.0 Å². The van der Waals surface area contributed by atoms with E-state index in [-0.39, 0.29) is 12.1 Å². The van der Waals surface area contributed by atoms with Gasteiger partial charge in [-0.25, -0.2) is 18.6 Å². The van der Waals surface area contributed by atoms with Crippen molar-refractivity contribution in [3.05, 3.63) is 35.4 Å².